The minimum atomic E-state index is -4.14. The number of carboxylic acids is 2. The third-order valence-electron chi connectivity index (χ3n) is 7.64. The second kappa shape index (κ2) is 22.0. The summed E-state index contributed by atoms with van der Waals surface area (Å²) in [5.41, 5.74) is 9.29. The van der Waals surface area contributed by atoms with Crippen LogP contribution in [0.15, 0.2) is 17.1 Å². The van der Waals surface area contributed by atoms with Gasteiger partial charge in [0.1, 0.15) is 49.2 Å². The number of anilines is 1. The summed E-state index contributed by atoms with van der Waals surface area (Å²) in [6, 6.07) is -4.15. The van der Waals surface area contributed by atoms with Gasteiger partial charge < -0.3 is 62.8 Å². The average Bonchev–Trinajstić information content (AvgIpc) is 3.37. The number of hydrogen-bond acceptors (Lipinski definition) is 17. The number of carboxylic acid groups (broad SMARTS) is 2. The first kappa shape index (κ1) is 47.2. The number of halogens is 2. The van der Waals surface area contributed by atoms with Crippen molar-refractivity contribution in [1.29, 1.82) is 0 Å². The Morgan fingerprint density at radius 1 is 0.893 bits per heavy atom. The van der Waals surface area contributed by atoms with Gasteiger partial charge in [0, 0.05) is 30.5 Å². The van der Waals surface area contributed by atoms with Crippen LogP contribution in [0.5, 0.6) is 0 Å². The van der Waals surface area contributed by atoms with Gasteiger partial charge in [-0.1, -0.05) is 0 Å². The van der Waals surface area contributed by atoms with Crippen molar-refractivity contribution >= 4 is 78.5 Å². The quantitative estimate of drug-likeness (QED) is 0.0384. The van der Waals surface area contributed by atoms with E-state index in [0.29, 0.717) is 4.57 Å². The number of hydrogen-bond donors (Lipinski definition) is 12. The Morgan fingerprint density at radius 2 is 1.39 bits per heavy atom. The van der Waals surface area contributed by atoms with Crippen LogP contribution in [0.3, 0.4) is 0 Å². The molecular formula is C29H41F2N9O14S2. The highest BCUT2D eigenvalue weighted by Crippen LogP contribution is 2.42. The minimum Gasteiger partial charge on any atom is -0.480 e. The first-order chi connectivity index (χ1) is 26.2. The van der Waals surface area contributed by atoms with Crippen molar-refractivity contribution in [3.63, 3.8) is 0 Å². The number of aliphatic hydroxyl groups excluding tert-OH is 1. The number of nitrogens with two attached hydrogens (primary N) is 2. The predicted octanol–water partition coefficient (Wildman–Crippen LogP) is -4.94. The first-order valence-corrected chi connectivity index (χ1v) is 17.6. The SMILES string of the molecule is NC(CCC(=O)NC(CS)C(=O)NCC(=O)Nc1ccn([C@@H]2O[C@H](COC(=O)CNC(=O)C(CS)NC(=O)CCC(N)C(=O)O)[C@@H](O)C2(F)F)c(=O)n1)C(=O)O. The lowest BCUT2D eigenvalue weighted by Gasteiger charge is -2.21. The molecule has 2 heterocycles. The lowest BCUT2D eigenvalue weighted by atomic mass is 10.1. The fraction of sp³-hybridized carbons (Fsp3) is 0.586. The molecule has 1 aliphatic heterocycles. The molecule has 5 amide bonds. The molecule has 12 N–H and O–H groups in total. The summed E-state index contributed by atoms with van der Waals surface area (Å²) >= 11 is 7.90. The Balaban J connectivity index is 1.89. The number of aliphatic hydroxyl groups is 1. The zero-order chi connectivity index (χ0) is 42.3. The molecule has 0 aromatic carbocycles. The van der Waals surface area contributed by atoms with E-state index in [1.807, 2.05) is 0 Å². The van der Waals surface area contributed by atoms with Crippen molar-refractivity contribution in [2.24, 2.45) is 11.5 Å². The standard InChI is InChI=1S/C29H41F2N9O14S2/c30-29(31)22(45)16(9-53-21(44)8-35-24(47)15(11-56)37-19(42)4-2-13(33)26(50)51)54-27(29)40-6-5-17(39-28(40)52)38-20(43)7-34-23(46)14(10-55)36-18(41)3-1-12(32)25(48)49/h5-6,12-16,22,27,45,55-56H,1-4,7-11,32-33H2,(H,34,46)(H,35,47)(H,36,41)(H,37,42)(H,48,49)(H,50,51)(H,38,39,43,52)/t12?,13?,14?,15?,16-,22-,27-/m1/s1. The van der Waals surface area contributed by atoms with Gasteiger partial charge in [-0.3, -0.25) is 42.9 Å². The van der Waals surface area contributed by atoms with Gasteiger partial charge >= 0.3 is 29.5 Å². The van der Waals surface area contributed by atoms with Crippen molar-refractivity contribution in [2.75, 3.05) is 36.5 Å². The van der Waals surface area contributed by atoms with E-state index < -0.39 is 127 Å². The molecule has 27 heteroatoms. The third kappa shape index (κ3) is 14.3. The molecule has 0 aliphatic carbocycles. The van der Waals surface area contributed by atoms with E-state index in [4.69, 9.17) is 31.2 Å². The van der Waals surface area contributed by atoms with Crippen molar-refractivity contribution in [2.45, 2.75) is 74.2 Å². The second-order valence-electron chi connectivity index (χ2n) is 11.9. The van der Waals surface area contributed by atoms with Crippen LogP contribution in [0.2, 0.25) is 0 Å². The van der Waals surface area contributed by atoms with Gasteiger partial charge in [0.25, 0.3) is 0 Å². The lowest BCUT2D eigenvalue weighted by molar-refractivity contribution is -0.150. The number of rotatable bonds is 22. The third-order valence-corrected chi connectivity index (χ3v) is 8.37. The zero-order valence-electron chi connectivity index (χ0n) is 29.1. The molecule has 1 fully saturated rings. The van der Waals surface area contributed by atoms with Gasteiger partial charge in [0.15, 0.2) is 6.10 Å². The molecule has 1 aliphatic rings. The maximum absolute atomic E-state index is 15.0. The number of carbonyl (C=O) groups is 8. The maximum Gasteiger partial charge on any atom is 0.351 e. The number of nitrogens with one attached hydrogen (secondary N) is 5. The van der Waals surface area contributed by atoms with Crippen molar-refractivity contribution < 1.29 is 71.9 Å². The normalized spacial score (nSPS) is 19.3. The van der Waals surface area contributed by atoms with Gasteiger partial charge in [-0.15, -0.1) is 0 Å². The van der Waals surface area contributed by atoms with Crippen LogP contribution in [-0.2, 0) is 47.8 Å². The molecule has 23 nitrogen and oxygen atoms in total. The summed E-state index contributed by atoms with van der Waals surface area (Å²) in [6.07, 6.45) is -7.23. The van der Waals surface area contributed by atoms with E-state index in [0.717, 1.165) is 12.3 Å². The molecule has 1 saturated heterocycles. The molecular weight excluding hydrogens is 800 g/mol. The van der Waals surface area contributed by atoms with Crippen LogP contribution in [0.4, 0.5) is 14.6 Å². The maximum atomic E-state index is 15.0. The van der Waals surface area contributed by atoms with Crippen LogP contribution >= 0.6 is 25.3 Å². The number of carbonyl (C=O) groups excluding carboxylic acids is 6. The zero-order valence-corrected chi connectivity index (χ0v) is 30.9. The Morgan fingerprint density at radius 3 is 1.86 bits per heavy atom. The second-order valence-corrected chi connectivity index (χ2v) is 12.6. The van der Waals surface area contributed by atoms with Crippen LogP contribution in [0.1, 0.15) is 31.9 Å². The highest BCUT2D eigenvalue weighted by molar-refractivity contribution is 7.80. The number of nitrogens with zero attached hydrogens (tertiary/aromatic N) is 2. The Labute approximate surface area is 325 Å². The highest BCUT2D eigenvalue weighted by atomic mass is 32.1. The van der Waals surface area contributed by atoms with E-state index in [1.165, 1.54) is 0 Å². The van der Waals surface area contributed by atoms with Crippen LogP contribution in [0.25, 0.3) is 0 Å². The summed E-state index contributed by atoms with van der Waals surface area (Å²) in [6.45, 7) is -2.48. The summed E-state index contributed by atoms with van der Waals surface area (Å²) in [7, 11) is 0. The number of amides is 5. The monoisotopic (exact) mass is 841 g/mol. The summed E-state index contributed by atoms with van der Waals surface area (Å²) in [4.78, 5) is 111. The van der Waals surface area contributed by atoms with Crippen LogP contribution < -0.4 is 43.7 Å². The summed E-state index contributed by atoms with van der Waals surface area (Å²) in [5, 5.41) is 38.9. The molecule has 4 unspecified atom stereocenters. The predicted molar refractivity (Wildman–Crippen MR) is 190 cm³/mol. The molecule has 7 atom stereocenters. The molecule has 56 heavy (non-hydrogen) atoms. The number of thiol groups is 2. The number of aliphatic carboxylic acids is 2. The van der Waals surface area contributed by atoms with Crippen molar-refractivity contribution in [3.05, 3.63) is 22.7 Å². The topological polar surface area (TPSA) is 363 Å². The van der Waals surface area contributed by atoms with Crippen molar-refractivity contribution in [1.82, 2.24) is 30.8 Å². The van der Waals surface area contributed by atoms with Gasteiger partial charge in [-0.2, -0.15) is 39.0 Å². The van der Waals surface area contributed by atoms with Gasteiger partial charge in [-0.25, -0.2) is 4.79 Å². The highest BCUT2D eigenvalue weighted by Gasteiger charge is 2.60. The number of alkyl halides is 2. The Bertz CT molecular complexity index is 1690. The molecule has 0 radical (unpaired) electrons. The van der Waals surface area contributed by atoms with Gasteiger partial charge in [-0.05, 0) is 18.9 Å². The molecule has 0 saturated carbocycles. The van der Waals surface area contributed by atoms with E-state index >= 15 is 8.78 Å². The van der Waals surface area contributed by atoms with Crippen molar-refractivity contribution in [3.8, 4) is 0 Å². The molecule has 1 aromatic heterocycles. The first-order valence-electron chi connectivity index (χ1n) is 16.3. The van der Waals surface area contributed by atoms with E-state index in [9.17, 15) is 48.3 Å². The van der Waals surface area contributed by atoms with E-state index in [1.54, 1.807) is 0 Å². The number of ether oxygens (including phenoxy) is 2. The molecule has 0 spiro atoms. The molecule has 1 aromatic rings. The molecule has 2 rings (SSSR count). The average molecular weight is 842 g/mol. The Hall–Kier alpha value is -4.96. The van der Waals surface area contributed by atoms with E-state index in [-0.39, 0.29) is 37.2 Å². The van der Waals surface area contributed by atoms with Gasteiger partial charge in [0.2, 0.25) is 35.8 Å². The fourth-order valence-electron chi connectivity index (χ4n) is 4.49. The van der Waals surface area contributed by atoms with Gasteiger partial charge in [0.05, 0.1) is 6.54 Å². The number of esters is 1. The Kier molecular flexibility index (Phi) is 18.5. The van der Waals surface area contributed by atoms with Crippen LogP contribution in [-0.4, -0.2) is 146 Å². The van der Waals surface area contributed by atoms with E-state index in [2.05, 4.69) is 56.8 Å². The summed E-state index contributed by atoms with van der Waals surface area (Å²) in [5.74, 6) is -12.9. The smallest absolute Gasteiger partial charge is 0.351 e. The lowest BCUT2D eigenvalue weighted by Crippen LogP contribution is -2.49. The largest absolute Gasteiger partial charge is 0.480 e. The number of aromatic nitrogens is 2. The minimum absolute atomic E-state index is 0.204. The molecule has 312 valence electrons. The molecule has 0 bridgehead atoms. The fourth-order valence-corrected chi connectivity index (χ4v) is 5.01. The summed E-state index contributed by atoms with van der Waals surface area (Å²) < 4.78 is 40.3. The van der Waals surface area contributed by atoms with Crippen LogP contribution in [0, 0.1) is 0 Å².